The molecule has 0 bridgehead atoms. The Labute approximate surface area is 120 Å². The van der Waals surface area contributed by atoms with Crippen LogP contribution in [0.25, 0.3) is 0 Å². The van der Waals surface area contributed by atoms with Crippen molar-refractivity contribution in [2.45, 2.75) is 24.7 Å². The fourth-order valence-electron chi connectivity index (χ4n) is 2.40. The molecule has 0 radical (unpaired) electrons. The summed E-state index contributed by atoms with van der Waals surface area (Å²) in [6.45, 7) is 5.67. The molecule has 0 spiro atoms. The summed E-state index contributed by atoms with van der Waals surface area (Å²) in [5, 5.41) is 0. The number of anilines is 1. The maximum absolute atomic E-state index is 12.1. The number of aromatic nitrogens is 1. The van der Waals surface area contributed by atoms with Crippen LogP contribution in [0.3, 0.4) is 0 Å². The van der Waals surface area contributed by atoms with Gasteiger partial charge in [-0.05, 0) is 37.9 Å². The molecule has 112 valence electrons. The van der Waals surface area contributed by atoms with Gasteiger partial charge in [0.1, 0.15) is 5.82 Å². The van der Waals surface area contributed by atoms with E-state index in [0.717, 1.165) is 19.6 Å². The molecule has 1 saturated heterocycles. The molecule has 20 heavy (non-hydrogen) atoms. The zero-order chi connectivity index (χ0) is 14.6. The van der Waals surface area contributed by atoms with Crippen molar-refractivity contribution < 1.29 is 8.42 Å². The molecule has 1 aromatic heterocycles. The molecular formula is C13H22N4O2S. The lowest BCUT2D eigenvalue weighted by Crippen LogP contribution is -2.34. The summed E-state index contributed by atoms with van der Waals surface area (Å²) in [4.78, 5) is 6.34. The van der Waals surface area contributed by atoms with Crippen molar-refractivity contribution in [1.29, 1.82) is 0 Å². The first kappa shape index (κ1) is 15.2. The van der Waals surface area contributed by atoms with E-state index < -0.39 is 10.0 Å². The van der Waals surface area contributed by atoms with Gasteiger partial charge in [-0.2, -0.15) is 0 Å². The van der Waals surface area contributed by atoms with Crippen molar-refractivity contribution >= 4 is 15.8 Å². The molecule has 3 N–H and O–H groups in total. The normalized spacial score (nSPS) is 18.2. The number of nitrogen functional groups attached to an aromatic ring is 1. The summed E-state index contributed by atoms with van der Waals surface area (Å²) in [5.74, 6) is 0.486. The monoisotopic (exact) mass is 298 g/mol. The highest BCUT2D eigenvalue weighted by Gasteiger charge is 2.18. The van der Waals surface area contributed by atoms with Crippen LogP contribution >= 0.6 is 0 Å². The number of likely N-dealkylation sites (tertiary alicyclic amines) is 1. The maximum atomic E-state index is 12.1. The van der Waals surface area contributed by atoms with Crippen molar-refractivity contribution in [2.24, 2.45) is 5.92 Å². The fourth-order valence-corrected chi connectivity index (χ4v) is 3.59. The van der Waals surface area contributed by atoms with E-state index in [1.54, 1.807) is 0 Å². The molecule has 0 aromatic carbocycles. The van der Waals surface area contributed by atoms with Crippen LogP contribution in [0, 0.1) is 5.92 Å². The van der Waals surface area contributed by atoms with Crippen LogP contribution in [0.5, 0.6) is 0 Å². The number of rotatable bonds is 6. The van der Waals surface area contributed by atoms with Crippen molar-refractivity contribution in [3.8, 4) is 0 Å². The molecular weight excluding hydrogens is 276 g/mol. The van der Waals surface area contributed by atoms with Gasteiger partial charge in [0.25, 0.3) is 0 Å². The van der Waals surface area contributed by atoms with E-state index in [9.17, 15) is 8.42 Å². The minimum absolute atomic E-state index is 0.165. The van der Waals surface area contributed by atoms with Gasteiger partial charge in [-0.15, -0.1) is 0 Å². The second-order valence-corrected chi connectivity index (χ2v) is 7.15. The molecule has 0 amide bonds. The quantitative estimate of drug-likeness (QED) is 0.806. The van der Waals surface area contributed by atoms with E-state index in [-0.39, 0.29) is 16.6 Å². The van der Waals surface area contributed by atoms with E-state index in [4.69, 9.17) is 5.73 Å². The van der Waals surface area contributed by atoms with Gasteiger partial charge in [-0.25, -0.2) is 18.1 Å². The first-order valence-corrected chi connectivity index (χ1v) is 8.39. The lowest BCUT2D eigenvalue weighted by Gasteiger charge is -2.20. The van der Waals surface area contributed by atoms with Gasteiger partial charge in [0.15, 0.2) is 0 Å². The van der Waals surface area contributed by atoms with Crippen LogP contribution in [0.15, 0.2) is 23.2 Å². The topological polar surface area (TPSA) is 88.3 Å². The van der Waals surface area contributed by atoms with Gasteiger partial charge in [0, 0.05) is 25.4 Å². The summed E-state index contributed by atoms with van der Waals surface area (Å²) >= 11 is 0. The van der Waals surface area contributed by atoms with E-state index in [1.165, 1.54) is 31.2 Å². The first-order chi connectivity index (χ1) is 9.47. The zero-order valence-electron chi connectivity index (χ0n) is 11.7. The third-order valence-corrected chi connectivity index (χ3v) is 4.87. The number of hydrogen-bond donors (Lipinski definition) is 2. The number of hydrogen-bond acceptors (Lipinski definition) is 5. The van der Waals surface area contributed by atoms with Crippen LogP contribution in [0.2, 0.25) is 0 Å². The van der Waals surface area contributed by atoms with Gasteiger partial charge < -0.3 is 10.6 Å². The molecule has 0 saturated carbocycles. The Hall–Kier alpha value is -1.18. The maximum Gasteiger partial charge on any atom is 0.240 e. The SMILES string of the molecule is CC(CNS(=O)(=O)c1ccnc(N)c1)CN1CCCC1. The van der Waals surface area contributed by atoms with Gasteiger partial charge in [0.05, 0.1) is 4.90 Å². The second-order valence-electron chi connectivity index (χ2n) is 5.38. The van der Waals surface area contributed by atoms with Crippen LogP contribution in [-0.2, 0) is 10.0 Å². The van der Waals surface area contributed by atoms with Crippen molar-refractivity contribution in [1.82, 2.24) is 14.6 Å². The highest BCUT2D eigenvalue weighted by atomic mass is 32.2. The first-order valence-electron chi connectivity index (χ1n) is 6.91. The van der Waals surface area contributed by atoms with E-state index >= 15 is 0 Å². The Morgan fingerprint density at radius 1 is 1.45 bits per heavy atom. The lowest BCUT2D eigenvalue weighted by molar-refractivity contribution is 0.288. The third kappa shape index (κ3) is 4.16. The van der Waals surface area contributed by atoms with Crippen molar-refractivity contribution in [2.75, 3.05) is 31.9 Å². The summed E-state index contributed by atoms with van der Waals surface area (Å²) in [5.41, 5.74) is 5.51. The largest absolute Gasteiger partial charge is 0.384 e. The molecule has 1 atom stereocenters. The highest BCUT2D eigenvalue weighted by Crippen LogP contribution is 2.12. The molecule has 1 aromatic rings. The van der Waals surface area contributed by atoms with Gasteiger partial charge in [0.2, 0.25) is 10.0 Å². The minimum atomic E-state index is -3.50. The summed E-state index contributed by atoms with van der Waals surface area (Å²) < 4.78 is 26.9. The smallest absolute Gasteiger partial charge is 0.240 e. The van der Waals surface area contributed by atoms with Gasteiger partial charge in [-0.1, -0.05) is 6.92 Å². The van der Waals surface area contributed by atoms with Crippen LogP contribution in [0.1, 0.15) is 19.8 Å². The van der Waals surface area contributed by atoms with E-state index in [1.807, 2.05) is 0 Å². The Bertz CT molecular complexity index is 541. The fraction of sp³-hybridized carbons (Fsp3) is 0.615. The van der Waals surface area contributed by atoms with Crippen molar-refractivity contribution in [3.63, 3.8) is 0 Å². The molecule has 2 heterocycles. The Kier molecular flexibility index (Phi) is 4.95. The molecule has 0 aliphatic carbocycles. The molecule has 1 aliphatic rings. The molecule has 1 fully saturated rings. The predicted octanol–water partition coefficient (Wildman–Crippen LogP) is 0.674. The standard InChI is InChI=1S/C13H22N4O2S/c1-11(10-17-6-2-3-7-17)9-16-20(18,19)12-4-5-15-13(14)8-12/h4-5,8,11,16H,2-3,6-7,9-10H2,1H3,(H2,14,15). The molecule has 1 unspecified atom stereocenters. The average Bonchev–Trinajstić information content (AvgIpc) is 2.89. The Balaban J connectivity index is 1.88. The molecule has 6 nitrogen and oxygen atoms in total. The number of pyridine rings is 1. The summed E-state index contributed by atoms with van der Waals surface area (Å²) in [6, 6.07) is 2.82. The van der Waals surface area contributed by atoms with Crippen LogP contribution in [-0.4, -0.2) is 44.5 Å². The van der Waals surface area contributed by atoms with E-state index in [0.29, 0.717) is 6.54 Å². The predicted molar refractivity (Wildman–Crippen MR) is 78.7 cm³/mol. The number of nitrogens with one attached hydrogen (secondary N) is 1. The minimum Gasteiger partial charge on any atom is -0.384 e. The molecule has 2 rings (SSSR count). The molecule has 7 heteroatoms. The average molecular weight is 298 g/mol. The Morgan fingerprint density at radius 2 is 2.15 bits per heavy atom. The third-order valence-electron chi connectivity index (χ3n) is 3.45. The van der Waals surface area contributed by atoms with Gasteiger partial charge in [-0.3, -0.25) is 0 Å². The highest BCUT2D eigenvalue weighted by molar-refractivity contribution is 7.89. The second kappa shape index (κ2) is 6.51. The number of nitrogens with zero attached hydrogens (tertiary/aromatic N) is 2. The van der Waals surface area contributed by atoms with Crippen LogP contribution < -0.4 is 10.5 Å². The molecule has 1 aliphatic heterocycles. The Morgan fingerprint density at radius 3 is 2.80 bits per heavy atom. The lowest BCUT2D eigenvalue weighted by atomic mass is 10.2. The van der Waals surface area contributed by atoms with Crippen LogP contribution in [0.4, 0.5) is 5.82 Å². The summed E-state index contributed by atoms with van der Waals surface area (Å²) in [7, 11) is -3.50. The summed E-state index contributed by atoms with van der Waals surface area (Å²) in [6.07, 6.45) is 3.89. The van der Waals surface area contributed by atoms with Gasteiger partial charge >= 0.3 is 0 Å². The van der Waals surface area contributed by atoms with E-state index in [2.05, 4.69) is 21.5 Å². The number of sulfonamides is 1. The van der Waals surface area contributed by atoms with Crippen molar-refractivity contribution in [3.05, 3.63) is 18.3 Å². The zero-order valence-corrected chi connectivity index (χ0v) is 12.6. The number of nitrogens with two attached hydrogens (primary N) is 1.